The zero-order valence-corrected chi connectivity index (χ0v) is 29.4. The van der Waals surface area contributed by atoms with Crippen LogP contribution in [0.25, 0.3) is 101 Å². The van der Waals surface area contributed by atoms with Crippen molar-refractivity contribution in [1.29, 1.82) is 0 Å². The maximum atomic E-state index is 6.61. The Morgan fingerprint density at radius 2 is 0.927 bits per heavy atom. The average Bonchev–Trinajstić information content (AvgIpc) is 3.98. The summed E-state index contributed by atoms with van der Waals surface area (Å²) in [5.74, 6) is 1.42. The molecular formula is C48H30N6O. The topological polar surface area (TPSA) is 74.6 Å². The van der Waals surface area contributed by atoms with Crippen molar-refractivity contribution in [1.82, 2.24) is 29.3 Å². The second kappa shape index (κ2) is 12.5. The van der Waals surface area contributed by atoms with E-state index in [-0.39, 0.29) is 0 Å². The van der Waals surface area contributed by atoms with Gasteiger partial charge in [-0.2, -0.15) is 0 Å². The van der Waals surface area contributed by atoms with Gasteiger partial charge in [0.1, 0.15) is 0 Å². The second-order valence-electron chi connectivity index (χ2n) is 13.6. The van der Waals surface area contributed by atoms with Gasteiger partial charge in [0.05, 0.1) is 39.0 Å². The normalized spacial score (nSPS) is 11.6. The molecule has 258 valence electrons. The Morgan fingerprint density at radius 1 is 0.382 bits per heavy atom. The third kappa shape index (κ3) is 5.05. The second-order valence-corrected chi connectivity index (χ2v) is 13.6. The van der Waals surface area contributed by atoms with E-state index in [1.807, 2.05) is 60.7 Å². The molecule has 0 saturated heterocycles. The number of aromatic nitrogens is 6. The minimum absolute atomic E-state index is 0.416. The number of fused-ring (bicyclic) bond motifs is 6. The van der Waals surface area contributed by atoms with E-state index in [0.29, 0.717) is 17.7 Å². The Bertz CT molecular complexity index is 3140. The van der Waals surface area contributed by atoms with Gasteiger partial charge in [-0.1, -0.05) is 127 Å². The van der Waals surface area contributed by atoms with E-state index in [4.69, 9.17) is 14.4 Å². The zero-order valence-electron chi connectivity index (χ0n) is 29.4. The van der Waals surface area contributed by atoms with Crippen LogP contribution >= 0.6 is 0 Å². The molecule has 7 aromatic carbocycles. The standard InChI is InChI=1S/C48H30N6O/c1-4-15-31(16-5-1)40-30-41(32-17-6-2-7-18-32)50-48(49-40)54-43-26-13-10-21-35(43)37-23-14-24-38(45(37)54)47-52-51-46(55-47)33-27-28-44-39(29-33)36-22-11-12-25-42(36)53(44)34-19-8-3-9-20-34/h1-30H. The SMILES string of the molecule is c1ccc(-c2cc(-c3ccccc3)nc(-n3c4ccccc4c4cccc(-c5nnc(-c6ccc7c(c6)c6ccccc6n7-c6ccccc6)o5)c43)n2)cc1. The summed E-state index contributed by atoms with van der Waals surface area (Å²) < 4.78 is 11.0. The number of para-hydroxylation sites is 4. The lowest BCUT2D eigenvalue weighted by Gasteiger charge is -2.12. The molecule has 0 N–H and O–H groups in total. The fourth-order valence-electron chi connectivity index (χ4n) is 7.86. The molecule has 0 amide bonds. The van der Waals surface area contributed by atoms with Crippen LogP contribution in [0.2, 0.25) is 0 Å². The number of hydrogen-bond acceptors (Lipinski definition) is 5. The van der Waals surface area contributed by atoms with E-state index < -0.39 is 0 Å². The van der Waals surface area contributed by atoms with Crippen LogP contribution in [0.3, 0.4) is 0 Å². The Labute approximate surface area is 315 Å². The first-order valence-corrected chi connectivity index (χ1v) is 18.2. The number of nitrogens with zero attached hydrogens (tertiary/aromatic N) is 6. The quantitative estimate of drug-likeness (QED) is 0.172. The molecule has 0 radical (unpaired) electrons. The smallest absolute Gasteiger partial charge is 0.250 e. The third-order valence-electron chi connectivity index (χ3n) is 10.3. The molecule has 0 aliphatic rings. The Kier molecular flexibility index (Phi) is 7.03. The van der Waals surface area contributed by atoms with Crippen LogP contribution < -0.4 is 0 Å². The summed E-state index contributed by atoms with van der Waals surface area (Å²) in [5.41, 5.74) is 10.6. The summed E-state index contributed by atoms with van der Waals surface area (Å²) in [6, 6.07) is 62.4. The van der Waals surface area contributed by atoms with E-state index >= 15 is 0 Å². The van der Waals surface area contributed by atoms with Crippen LogP contribution in [0.1, 0.15) is 0 Å². The monoisotopic (exact) mass is 706 g/mol. The van der Waals surface area contributed by atoms with Crippen LogP contribution in [0, 0.1) is 0 Å². The number of rotatable bonds is 6. The van der Waals surface area contributed by atoms with Crippen LogP contribution in [0.4, 0.5) is 0 Å². The van der Waals surface area contributed by atoms with Crippen molar-refractivity contribution in [2.24, 2.45) is 0 Å². The maximum Gasteiger partial charge on any atom is 0.250 e. The van der Waals surface area contributed by atoms with Gasteiger partial charge in [-0.25, -0.2) is 9.97 Å². The fourth-order valence-corrected chi connectivity index (χ4v) is 7.86. The van der Waals surface area contributed by atoms with Gasteiger partial charge in [0.15, 0.2) is 0 Å². The third-order valence-corrected chi connectivity index (χ3v) is 10.3. The molecule has 4 heterocycles. The number of hydrogen-bond donors (Lipinski definition) is 0. The molecule has 55 heavy (non-hydrogen) atoms. The van der Waals surface area contributed by atoms with Crippen molar-refractivity contribution in [2.45, 2.75) is 0 Å². The predicted octanol–water partition coefficient (Wildman–Crippen LogP) is 11.7. The summed E-state index contributed by atoms with van der Waals surface area (Å²) in [6.45, 7) is 0. The Balaban J connectivity index is 1.10. The molecule has 7 nitrogen and oxygen atoms in total. The fraction of sp³-hybridized carbons (Fsp3) is 0. The van der Waals surface area contributed by atoms with Crippen LogP contribution in [0.5, 0.6) is 0 Å². The Morgan fingerprint density at radius 3 is 1.62 bits per heavy atom. The first-order chi connectivity index (χ1) is 27.3. The average molecular weight is 707 g/mol. The van der Waals surface area contributed by atoms with Crippen molar-refractivity contribution < 1.29 is 4.42 Å². The van der Waals surface area contributed by atoms with Crippen LogP contribution in [-0.2, 0) is 0 Å². The van der Waals surface area contributed by atoms with E-state index in [2.05, 4.69) is 141 Å². The molecule has 7 heteroatoms. The lowest BCUT2D eigenvalue weighted by atomic mass is 10.1. The summed E-state index contributed by atoms with van der Waals surface area (Å²) in [7, 11) is 0. The van der Waals surface area contributed by atoms with Gasteiger partial charge in [-0.05, 0) is 54.6 Å². The molecular weight excluding hydrogens is 677 g/mol. The molecule has 11 aromatic rings. The summed E-state index contributed by atoms with van der Waals surface area (Å²) in [4.78, 5) is 10.4. The van der Waals surface area contributed by atoms with Crippen LogP contribution in [-0.4, -0.2) is 29.3 Å². The van der Waals surface area contributed by atoms with Gasteiger partial charge >= 0.3 is 0 Å². The highest BCUT2D eigenvalue weighted by Gasteiger charge is 2.23. The molecule has 11 rings (SSSR count). The molecule has 0 spiro atoms. The molecule has 0 bridgehead atoms. The van der Waals surface area contributed by atoms with Crippen LogP contribution in [0.15, 0.2) is 186 Å². The lowest BCUT2D eigenvalue weighted by Crippen LogP contribution is -2.04. The highest BCUT2D eigenvalue weighted by molar-refractivity contribution is 6.13. The van der Waals surface area contributed by atoms with Gasteiger partial charge in [0, 0.05) is 43.9 Å². The van der Waals surface area contributed by atoms with Crippen molar-refractivity contribution in [2.75, 3.05) is 0 Å². The van der Waals surface area contributed by atoms with E-state index in [1.165, 1.54) is 0 Å². The molecule has 0 atom stereocenters. The first-order valence-electron chi connectivity index (χ1n) is 18.2. The minimum atomic E-state index is 0.416. The minimum Gasteiger partial charge on any atom is -0.416 e. The predicted molar refractivity (Wildman–Crippen MR) is 220 cm³/mol. The van der Waals surface area contributed by atoms with E-state index in [9.17, 15) is 0 Å². The van der Waals surface area contributed by atoms with E-state index in [1.54, 1.807) is 0 Å². The van der Waals surface area contributed by atoms with Gasteiger partial charge in [-0.15, -0.1) is 10.2 Å². The maximum absolute atomic E-state index is 6.61. The van der Waals surface area contributed by atoms with Gasteiger partial charge in [0.2, 0.25) is 17.7 Å². The van der Waals surface area contributed by atoms with Crippen molar-refractivity contribution >= 4 is 43.6 Å². The molecule has 0 unspecified atom stereocenters. The highest BCUT2D eigenvalue weighted by atomic mass is 16.4. The lowest BCUT2D eigenvalue weighted by molar-refractivity contribution is 0.585. The number of benzene rings is 7. The highest BCUT2D eigenvalue weighted by Crippen LogP contribution is 2.40. The van der Waals surface area contributed by atoms with E-state index in [0.717, 1.165) is 82.9 Å². The van der Waals surface area contributed by atoms with Crippen molar-refractivity contribution in [3.63, 3.8) is 0 Å². The molecule has 4 aromatic heterocycles. The van der Waals surface area contributed by atoms with Gasteiger partial charge < -0.3 is 8.98 Å². The Hall–Kier alpha value is -7.64. The zero-order chi connectivity index (χ0) is 36.3. The molecule has 0 aliphatic heterocycles. The molecule has 0 saturated carbocycles. The van der Waals surface area contributed by atoms with Crippen molar-refractivity contribution in [3.8, 4) is 57.1 Å². The largest absolute Gasteiger partial charge is 0.416 e. The van der Waals surface area contributed by atoms with Crippen molar-refractivity contribution in [3.05, 3.63) is 182 Å². The van der Waals surface area contributed by atoms with Gasteiger partial charge in [0.25, 0.3) is 0 Å². The van der Waals surface area contributed by atoms with Gasteiger partial charge in [-0.3, -0.25) is 4.57 Å². The summed E-state index contributed by atoms with van der Waals surface area (Å²) in [5, 5.41) is 13.7. The first kappa shape index (κ1) is 30.9. The molecule has 0 aliphatic carbocycles. The molecule has 0 fully saturated rings. The summed E-state index contributed by atoms with van der Waals surface area (Å²) in [6.07, 6.45) is 0. The summed E-state index contributed by atoms with van der Waals surface area (Å²) >= 11 is 0.